The van der Waals surface area contributed by atoms with E-state index >= 15 is 0 Å². The molecule has 2 aromatic rings. The summed E-state index contributed by atoms with van der Waals surface area (Å²) in [4.78, 5) is 15.4. The van der Waals surface area contributed by atoms with Gasteiger partial charge in [-0.3, -0.25) is 4.79 Å². The van der Waals surface area contributed by atoms with Crippen molar-refractivity contribution in [3.8, 4) is 0 Å². The topological polar surface area (TPSA) is 67.6 Å². The van der Waals surface area contributed by atoms with Crippen LogP contribution >= 0.6 is 11.8 Å². The summed E-state index contributed by atoms with van der Waals surface area (Å²) >= 11 is 1.51. The van der Waals surface area contributed by atoms with Gasteiger partial charge >= 0.3 is 0 Å². The second-order valence-corrected chi connectivity index (χ2v) is 6.57. The summed E-state index contributed by atoms with van der Waals surface area (Å²) in [7, 11) is 0. The maximum atomic E-state index is 12.1. The summed E-state index contributed by atoms with van der Waals surface area (Å²) in [5.41, 5.74) is 8.55. The predicted octanol–water partition coefficient (Wildman–Crippen LogP) is 2.84. The Bertz CT molecular complexity index is 688. The molecule has 0 bridgehead atoms. The van der Waals surface area contributed by atoms with Crippen LogP contribution in [-0.2, 0) is 9.53 Å². The molecule has 0 spiro atoms. The van der Waals surface area contributed by atoms with Crippen molar-refractivity contribution in [3.05, 3.63) is 48.5 Å². The van der Waals surface area contributed by atoms with Gasteiger partial charge in [0.25, 0.3) is 0 Å². The molecule has 0 aromatic heterocycles. The number of rotatable bonds is 5. The molecule has 1 amide bonds. The molecule has 0 radical (unpaired) electrons. The number of nitrogens with one attached hydrogen (secondary N) is 1. The first-order chi connectivity index (χ1) is 11.7. The first-order valence-electron chi connectivity index (χ1n) is 7.92. The molecule has 0 atom stereocenters. The van der Waals surface area contributed by atoms with Crippen LogP contribution < -0.4 is 16.0 Å². The molecule has 24 heavy (non-hydrogen) atoms. The largest absolute Gasteiger partial charge is 0.397 e. The van der Waals surface area contributed by atoms with Gasteiger partial charge in [0.05, 0.1) is 30.3 Å². The number of morpholine rings is 1. The molecular formula is C18H21N3O2S. The molecule has 1 fully saturated rings. The van der Waals surface area contributed by atoms with Gasteiger partial charge in [-0.15, -0.1) is 11.8 Å². The Balaban J connectivity index is 1.57. The van der Waals surface area contributed by atoms with Crippen LogP contribution in [0.3, 0.4) is 0 Å². The van der Waals surface area contributed by atoms with Gasteiger partial charge < -0.3 is 20.7 Å². The third kappa shape index (κ3) is 4.43. The number of hydrogen-bond acceptors (Lipinski definition) is 5. The van der Waals surface area contributed by atoms with Crippen molar-refractivity contribution in [2.24, 2.45) is 0 Å². The van der Waals surface area contributed by atoms with Gasteiger partial charge in [-0.05, 0) is 30.3 Å². The average molecular weight is 343 g/mol. The zero-order chi connectivity index (χ0) is 16.8. The predicted molar refractivity (Wildman–Crippen MR) is 99.7 cm³/mol. The molecule has 2 aromatic carbocycles. The number of hydrogen-bond donors (Lipinski definition) is 2. The number of thioether (sulfide) groups is 1. The lowest BCUT2D eigenvalue weighted by atomic mass is 10.2. The number of benzene rings is 2. The molecule has 1 aliphatic heterocycles. The zero-order valence-electron chi connectivity index (χ0n) is 13.4. The molecule has 5 nitrogen and oxygen atoms in total. The van der Waals surface area contributed by atoms with Crippen molar-refractivity contribution in [2.75, 3.05) is 48.0 Å². The minimum atomic E-state index is -0.0395. The highest BCUT2D eigenvalue weighted by Crippen LogP contribution is 2.27. The van der Waals surface area contributed by atoms with Gasteiger partial charge in [0.2, 0.25) is 5.91 Å². The minimum absolute atomic E-state index is 0.0395. The van der Waals surface area contributed by atoms with E-state index in [-0.39, 0.29) is 5.91 Å². The molecule has 126 valence electrons. The lowest BCUT2D eigenvalue weighted by Gasteiger charge is -2.30. The average Bonchev–Trinajstić information content (AvgIpc) is 2.62. The van der Waals surface area contributed by atoms with E-state index in [9.17, 15) is 4.79 Å². The first kappa shape index (κ1) is 16.7. The van der Waals surface area contributed by atoms with E-state index in [1.54, 1.807) is 0 Å². The zero-order valence-corrected chi connectivity index (χ0v) is 14.2. The maximum absolute atomic E-state index is 12.1. The van der Waals surface area contributed by atoms with E-state index in [0.717, 1.165) is 29.4 Å². The highest BCUT2D eigenvalue weighted by Gasteiger charge is 2.14. The van der Waals surface area contributed by atoms with Gasteiger partial charge in [0.15, 0.2) is 0 Å². The third-order valence-electron chi connectivity index (χ3n) is 3.78. The van der Waals surface area contributed by atoms with Gasteiger partial charge in [-0.2, -0.15) is 0 Å². The number of carbonyl (C=O) groups excluding carboxylic acids is 1. The highest BCUT2D eigenvalue weighted by molar-refractivity contribution is 8.00. The smallest absolute Gasteiger partial charge is 0.234 e. The van der Waals surface area contributed by atoms with E-state index in [4.69, 9.17) is 10.5 Å². The molecule has 3 N–H and O–H groups in total. The van der Waals surface area contributed by atoms with Gasteiger partial charge in [0, 0.05) is 23.7 Å². The maximum Gasteiger partial charge on any atom is 0.234 e. The third-order valence-corrected chi connectivity index (χ3v) is 4.79. The molecule has 6 heteroatoms. The Morgan fingerprint density at radius 1 is 1.17 bits per heavy atom. The van der Waals surface area contributed by atoms with Crippen molar-refractivity contribution in [3.63, 3.8) is 0 Å². The molecule has 0 aliphatic carbocycles. The first-order valence-corrected chi connectivity index (χ1v) is 8.91. The molecule has 0 saturated carbocycles. The highest BCUT2D eigenvalue weighted by atomic mass is 32.2. The van der Waals surface area contributed by atoms with Crippen molar-refractivity contribution in [1.82, 2.24) is 0 Å². The fourth-order valence-corrected chi connectivity index (χ4v) is 3.31. The summed E-state index contributed by atoms with van der Waals surface area (Å²) in [6, 6.07) is 15.5. The SMILES string of the molecule is Nc1cc(NC(=O)CSc2ccccc2)ccc1N1CCOCC1. The van der Waals surface area contributed by atoms with E-state index in [1.807, 2.05) is 48.5 Å². The number of carbonyl (C=O) groups is 1. The molecular weight excluding hydrogens is 322 g/mol. The van der Waals surface area contributed by atoms with Crippen molar-refractivity contribution < 1.29 is 9.53 Å². The Morgan fingerprint density at radius 2 is 1.92 bits per heavy atom. The van der Waals surface area contributed by atoms with Crippen LogP contribution in [0, 0.1) is 0 Å². The summed E-state index contributed by atoms with van der Waals surface area (Å²) in [6.07, 6.45) is 0. The number of amides is 1. The quantitative estimate of drug-likeness (QED) is 0.645. The normalized spacial score (nSPS) is 14.4. The van der Waals surface area contributed by atoms with E-state index in [2.05, 4.69) is 10.2 Å². The number of anilines is 3. The van der Waals surface area contributed by atoms with Gasteiger partial charge in [0.1, 0.15) is 0 Å². The molecule has 0 unspecified atom stereocenters. The fourth-order valence-electron chi connectivity index (χ4n) is 2.59. The summed E-state index contributed by atoms with van der Waals surface area (Å²) in [5.74, 6) is 0.331. The molecule has 1 heterocycles. The minimum Gasteiger partial charge on any atom is -0.397 e. The van der Waals surface area contributed by atoms with Crippen LogP contribution in [0.5, 0.6) is 0 Å². The van der Waals surface area contributed by atoms with Crippen LogP contribution in [0.15, 0.2) is 53.4 Å². The van der Waals surface area contributed by atoms with Crippen molar-refractivity contribution in [1.29, 1.82) is 0 Å². The molecule has 1 saturated heterocycles. The lowest BCUT2D eigenvalue weighted by Crippen LogP contribution is -2.36. The van der Waals surface area contributed by atoms with E-state index < -0.39 is 0 Å². The van der Waals surface area contributed by atoms with E-state index in [1.165, 1.54) is 11.8 Å². The lowest BCUT2D eigenvalue weighted by molar-refractivity contribution is -0.113. The van der Waals surface area contributed by atoms with Crippen molar-refractivity contribution >= 4 is 34.7 Å². The van der Waals surface area contributed by atoms with E-state index in [0.29, 0.717) is 24.7 Å². The Labute approximate surface area is 146 Å². The number of nitrogens with zero attached hydrogens (tertiary/aromatic N) is 1. The van der Waals surface area contributed by atoms with Crippen molar-refractivity contribution in [2.45, 2.75) is 4.90 Å². The molecule has 1 aliphatic rings. The Kier molecular flexibility index (Phi) is 5.61. The van der Waals surface area contributed by atoms with Gasteiger partial charge in [-0.25, -0.2) is 0 Å². The summed E-state index contributed by atoms with van der Waals surface area (Å²) in [6.45, 7) is 3.11. The number of nitrogens with two attached hydrogens (primary N) is 1. The van der Waals surface area contributed by atoms with Crippen LogP contribution in [0.25, 0.3) is 0 Å². The number of ether oxygens (including phenoxy) is 1. The Hall–Kier alpha value is -2.18. The standard InChI is InChI=1S/C18H21N3O2S/c19-16-12-14(6-7-17(16)21-8-10-23-11-9-21)20-18(22)13-24-15-4-2-1-3-5-15/h1-7,12H,8-11,13,19H2,(H,20,22). The van der Waals surface area contributed by atoms with Crippen LogP contribution in [0.2, 0.25) is 0 Å². The second-order valence-electron chi connectivity index (χ2n) is 5.52. The fraction of sp³-hybridized carbons (Fsp3) is 0.278. The number of nitrogen functional groups attached to an aromatic ring is 1. The van der Waals surface area contributed by atoms with Crippen LogP contribution in [0.1, 0.15) is 0 Å². The monoisotopic (exact) mass is 343 g/mol. The van der Waals surface area contributed by atoms with Gasteiger partial charge in [-0.1, -0.05) is 18.2 Å². The van der Waals surface area contributed by atoms with Crippen LogP contribution in [0.4, 0.5) is 17.1 Å². The summed E-state index contributed by atoms with van der Waals surface area (Å²) < 4.78 is 5.36. The Morgan fingerprint density at radius 3 is 2.62 bits per heavy atom. The molecule has 3 rings (SSSR count). The second kappa shape index (κ2) is 8.08. The van der Waals surface area contributed by atoms with Crippen LogP contribution in [-0.4, -0.2) is 38.0 Å². The summed E-state index contributed by atoms with van der Waals surface area (Å²) in [5, 5.41) is 2.90.